The Balaban J connectivity index is 1.75. The summed E-state index contributed by atoms with van der Waals surface area (Å²) in [6.07, 6.45) is -6.42. The van der Waals surface area contributed by atoms with Gasteiger partial charge in [0.15, 0.2) is 6.27 Å². The van der Waals surface area contributed by atoms with Crippen molar-refractivity contribution in [3.05, 3.63) is 71.8 Å². The summed E-state index contributed by atoms with van der Waals surface area (Å²) in [5.74, 6) is -1.13. The molecule has 10 heteroatoms. The molecule has 1 heterocycles. The molecule has 1 aliphatic heterocycles. The van der Waals surface area contributed by atoms with E-state index in [0.29, 0.717) is 0 Å². The molecule has 0 aromatic heterocycles. The van der Waals surface area contributed by atoms with Crippen molar-refractivity contribution in [2.45, 2.75) is 47.6 Å². The van der Waals surface area contributed by atoms with E-state index in [0.717, 1.165) is 11.1 Å². The van der Waals surface area contributed by atoms with Gasteiger partial charge in [0.25, 0.3) is 9.70 Å². The first-order chi connectivity index (χ1) is 15.6. The summed E-state index contributed by atoms with van der Waals surface area (Å²) in [4.78, 5) is 12.1. The fourth-order valence-electron chi connectivity index (χ4n) is 3.19. The number of amides is 1. The van der Waals surface area contributed by atoms with Crippen molar-refractivity contribution in [3.63, 3.8) is 0 Å². The summed E-state index contributed by atoms with van der Waals surface area (Å²) in [5.41, 5.74) is 1.73. The second kappa shape index (κ2) is 11.6. The van der Waals surface area contributed by atoms with Gasteiger partial charge in [-0.05, 0) is 11.1 Å². The highest BCUT2D eigenvalue weighted by Crippen LogP contribution is 2.29. The first-order valence-electron chi connectivity index (χ1n) is 10.3. The van der Waals surface area contributed by atoms with Gasteiger partial charge in [0, 0.05) is 0 Å². The topological polar surface area (TPSA) is 97.2 Å². The third-order valence-electron chi connectivity index (χ3n) is 4.81. The Morgan fingerprint density at radius 2 is 1.59 bits per heavy atom. The number of hydrogen-bond acceptors (Lipinski definition) is 6. The number of aliphatic hydroxyl groups excluding tert-OH is 1. The Bertz CT molecular complexity index is 900. The molecule has 0 radical (unpaired) electrons. The minimum atomic E-state index is -2.74. The highest BCUT2D eigenvalue weighted by atomic mass is 35.6. The van der Waals surface area contributed by atoms with Crippen LogP contribution in [0.15, 0.2) is 60.7 Å². The molecule has 7 nitrogen and oxygen atoms in total. The number of halogens is 3. The average Bonchev–Trinajstić information content (AvgIpc) is 2.76. The van der Waals surface area contributed by atoms with E-state index in [4.69, 9.17) is 50.4 Å². The summed E-state index contributed by atoms with van der Waals surface area (Å²) < 4.78 is 22.8. The van der Waals surface area contributed by atoms with E-state index in [-0.39, 0.29) is 19.8 Å². The molecule has 3 N–H and O–H groups in total. The van der Waals surface area contributed by atoms with Gasteiger partial charge >= 0.3 is 0 Å². The maximum absolute atomic E-state index is 12.1. The standard InChI is InChI=1S/C22H24Cl3NO6/c23-22(24,25)21(29)26-17-18(27)19(31-12-15-9-5-2-6-10-15)16(32-20(17)28)13-30-11-14-7-3-1-4-8-14/h1-10,16-20,27-28H,11-13H2,(H,26,29)/t16-,17+,18-,19-,20+/m1/s1/i20D. The number of benzene rings is 2. The molecule has 3 rings (SSSR count). The lowest BCUT2D eigenvalue weighted by Gasteiger charge is -2.43. The first-order valence-corrected chi connectivity index (χ1v) is 10.9. The number of hydrogen-bond donors (Lipinski definition) is 3. The summed E-state index contributed by atoms with van der Waals surface area (Å²) >= 11 is 16.7. The van der Waals surface area contributed by atoms with E-state index in [9.17, 15) is 15.0 Å². The summed E-state index contributed by atoms with van der Waals surface area (Å²) in [7, 11) is 0. The molecule has 0 aliphatic carbocycles. The summed E-state index contributed by atoms with van der Waals surface area (Å²) in [6.45, 7) is 0.243. The van der Waals surface area contributed by atoms with Gasteiger partial charge in [-0.15, -0.1) is 0 Å². The van der Waals surface area contributed by atoms with Gasteiger partial charge in [0.05, 0.1) is 21.2 Å². The van der Waals surface area contributed by atoms with Crippen LogP contribution >= 0.6 is 34.8 Å². The summed E-state index contributed by atoms with van der Waals surface area (Å²) in [6, 6.07) is 16.9. The number of aliphatic hydroxyl groups is 2. The van der Waals surface area contributed by atoms with Crippen LogP contribution < -0.4 is 5.32 Å². The zero-order valence-corrected chi connectivity index (χ0v) is 19.1. The molecular formula is C22H24Cl3NO6. The Morgan fingerprint density at radius 3 is 2.16 bits per heavy atom. The molecule has 0 bridgehead atoms. The quantitative estimate of drug-likeness (QED) is 0.477. The van der Waals surface area contributed by atoms with Gasteiger partial charge in [-0.1, -0.05) is 95.5 Å². The second-order valence-electron chi connectivity index (χ2n) is 7.20. The van der Waals surface area contributed by atoms with Gasteiger partial charge in [-0.3, -0.25) is 4.79 Å². The van der Waals surface area contributed by atoms with Crippen molar-refractivity contribution >= 4 is 40.7 Å². The van der Waals surface area contributed by atoms with Crippen molar-refractivity contribution in [2.24, 2.45) is 0 Å². The number of carbonyl (C=O) groups is 1. The Morgan fingerprint density at radius 1 is 1.03 bits per heavy atom. The summed E-state index contributed by atoms with van der Waals surface area (Å²) in [5, 5.41) is 23.7. The predicted octanol–water partition coefficient (Wildman–Crippen LogP) is 2.72. The third-order valence-corrected chi connectivity index (χ3v) is 5.32. The lowest BCUT2D eigenvalue weighted by atomic mass is 9.96. The molecule has 2 aromatic rings. The zero-order chi connectivity index (χ0) is 24.1. The van der Waals surface area contributed by atoms with Gasteiger partial charge in [0.2, 0.25) is 0 Å². The number of carbonyl (C=O) groups excluding carboxylic acids is 1. The van der Waals surface area contributed by atoms with E-state index in [1.54, 1.807) is 0 Å². The molecule has 1 saturated heterocycles. The van der Waals surface area contributed by atoms with Crippen LogP contribution in [0.3, 0.4) is 0 Å². The highest BCUT2D eigenvalue weighted by Gasteiger charge is 2.47. The van der Waals surface area contributed by atoms with Crippen LogP contribution in [0.1, 0.15) is 12.5 Å². The number of rotatable bonds is 8. The molecule has 174 valence electrons. The van der Waals surface area contributed by atoms with E-state index in [1.807, 2.05) is 60.7 Å². The van der Waals surface area contributed by atoms with E-state index < -0.39 is 40.3 Å². The number of nitrogens with one attached hydrogen (secondary N) is 1. The molecule has 0 spiro atoms. The lowest BCUT2D eigenvalue weighted by Crippen LogP contribution is -2.65. The van der Waals surface area contributed by atoms with Crippen LogP contribution in [0.5, 0.6) is 0 Å². The predicted molar refractivity (Wildman–Crippen MR) is 120 cm³/mol. The van der Waals surface area contributed by atoms with Gasteiger partial charge in [-0.25, -0.2) is 0 Å². The lowest BCUT2D eigenvalue weighted by molar-refractivity contribution is -0.268. The molecule has 1 amide bonds. The fraction of sp³-hybridized carbons (Fsp3) is 0.409. The minimum absolute atomic E-state index is 0.0995. The smallest absolute Gasteiger partial charge is 0.272 e. The Kier molecular flexibility index (Phi) is 8.62. The molecule has 1 aliphatic rings. The van der Waals surface area contributed by atoms with E-state index in [2.05, 4.69) is 5.32 Å². The SMILES string of the molecule is [2H][C@]1(O)O[C@H](COCc2ccccc2)[C@@H](OCc2ccccc2)[C@H](O)[C@@H]1NC(=O)C(Cl)(Cl)Cl. The monoisotopic (exact) mass is 504 g/mol. The highest BCUT2D eigenvalue weighted by molar-refractivity contribution is 6.76. The minimum Gasteiger partial charge on any atom is -0.388 e. The maximum atomic E-state index is 12.1. The molecule has 2 aromatic carbocycles. The molecule has 5 atom stereocenters. The van der Waals surface area contributed by atoms with Crippen molar-refractivity contribution in [1.29, 1.82) is 0 Å². The van der Waals surface area contributed by atoms with Gasteiger partial charge < -0.3 is 29.7 Å². The molecule has 0 saturated carbocycles. The largest absolute Gasteiger partial charge is 0.388 e. The van der Waals surface area contributed by atoms with Crippen LogP contribution in [0.25, 0.3) is 0 Å². The Hall–Kier alpha value is -1.42. The Labute approximate surface area is 202 Å². The first kappa shape index (κ1) is 23.7. The van der Waals surface area contributed by atoms with Crippen molar-refractivity contribution in [1.82, 2.24) is 5.32 Å². The van der Waals surface area contributed by atoms with Crippen molar-refractivity contribution in [3.8, 4) is 0 Å². The van der Waals surface area contributed by atoms with Crippen LogP contribution in [0, 0.1) is 0 Å². The van der Waals surface area contributed by atoms with Gasteiger partial charge in [0.1, 0.15) is 24.4 Å². The third kappa shape index (κ3) is 7.04. The van der Waals surface area contributed by atoms with Crippen LogP contribution in [-0.2, 0) is 32.2 Å². The zero-order valence-electron chi connectivity index (χ0n) is 17.9. The fourth-order valence-corrected chi connectivity index (χ4v) is 3.35. The van der Waals surface area contributed by atoms with Crippen LogP contribution in [0.4, 0.5) is 0 Å². The number of alkyl halides is 3. The van der Waals surface area contributed by atoms with E-state index in [1.165, 1.54) is 0 Å². The molecule has 0 unspecified atom stereocenters. The van der Waals surface area contributed by atoms with Crippen LogP contribution in [0.2, 0.25) is 0 Å². The normalized spacial score (nSPS) is 28.7. The molecule has 1 fully saturated rings. The maximum Gasteiger partial charge on any atom is 0.272 e. The average molecular weight is 506 g/mol. The molecular weight excluding hydrogens is 481 g/mol. The number of ether oxygens (including phenoxy) is 3. The second-order valence-corrected chi connectivity index (χ2v) is 9.48. The van der Waals surface area contributed by atoms with Crippen LogP contribution in [-0.4, -0.2) is 57.1 Å². The van der Waals surface area contributed by atoms with Crippen molar-refractivity contribution < 1.29 is 30.6 Å². The van der Waals surface area contributed by atoms with E-state index >= 15 is 0 Å². The van der Waals surface area contributed by atoms with Gasteiger partial charge in [-0.2, -0.15) is 0 Å². The van der Waals surface area contributed by atoms with Crippen molar-refractivity contribution in [2.75, 3.05) is 6.61 Å². The molecule has 32 heavy (non-hydrogen) atoms.